The van der Waals surface area contributed by atoms with E-state index < -0.39 is 5.97 Å². The number of carboxylic acids is 1. The normalized spacial score (nSPS) is 17.9. The van der Waals surface area contributed by atoms with E-state index in [1.807, 2.05) is 12.1 Å². The molecule has 2 fully saturated rings. The number of aromatic carboxylic acids is 1. The third-order valence-electron chi connectivity index (χ3n) is 5.89. The molecule has 0 radical (unpaired) electrons. The first-order valence-electron chi connectivity index (χ1n) is 10.2. The number of nitriles is 1. The van der Waals surface area contributed by atoms with Crippen LogP contribution in [0.1, 0.15) is 28.8 Å². The van der Waals surface area contributed by atoms with Gasteiger partial charge >= 0.3 is 5.97 Å². The van der Waals surface area contributed by atoms with Gasteiger partial charge in [-0.1, -0.05) is 23.7 Å². The van der Waals surface area contributed by atoms with Gasteiger partial charge in [-0.3, -0.25) is 4.90 Å². The van der Waals surface area contributed by atoms with Gasteiger partial charge in [0.2, 0.25) is 0 Å². The van der Waals surface area contributed by atoms with Crippen LogP contribution in [0, 0.1) is 17.2 Å². The number of anilines is 1. The fourth-order valence-corrected chi connectivity index (χ4v) is 4.46. The summed E-state index contributed by atoms with van der Waals surface area (Å²) in [6.45, 7) is 4.58. The van der Waals surface area contributed by atoms with Crippen molar-refractivity contribution >= 4 is 23.3 Å². The van der Waals surface area contributed by atoms with Crippen molar-refractivity contribution in [2.45, 2.75) is 18.9 Å². The van der Waals surface area contributed by atoms with E-state index in [9.17, 15) is 9.90 Å². The third kappa shape index (κ3) is 4.53. The SMILES string of the molecule is N#Cc1ccc(OC2CN(CC3CCN(c4ccccc4C(=O)O)CC3)C2)cc1Cl. The van der Waals surface area contributed by atoms with Gasteiger partial charge < -0.3 is 14.7 Å². The Bertz CT molecular complexity index is 960. The first kappa shape index (κ1) is 20.5. The van der Waals surface area contributed by atoms with Gasteiger partial charge in [0.05, 0.1) is 21.8 Å². The number of benzene rings is 2. The van der Waals surface area contributed by atoms with Crippen molar-refractivity contribution in [3.63, 3.8) is 0 Å². The van der Waals surface area contributed by atoms with Crippen molar-refractivity contribution in [3.8, 4) is 11.8 Å². The van der Waals surface area contributed by atoms with Crippen LogP contribution in [-0.2, 0) is 0 Å². The lowest BCUT2D eigenvalue weighted by Gasteiger charge is -2.42. The maximum Gasteiger partial charge on any atom is 0.337 e. The predicted molar refractivity (Wildman–Crippen MR) is 115 cm³/mol. The molecule has 2 heterocycles. The molecular weight excluding hydrogens is 402 g/mol. The molecule has 7 heteroatoms. The van der Waals surface area contributed by atoms with Crippen molar-refractivity contribution in [3.05, 3.63) is 58.6 Å². The maximum atomic E-state index is 11.5. The van der Waals surface area contributed by atoms with Gasteiger partial charge in [-0.15, -0.1) is 0 Å². The molecule has 0 atom stereocenters. The Morgan fingerprint density at radius 2 is 1.93 bits per heavy atom. The number of hydrogen-bond acceptors (Lipinski definition) is 5. The second-order valence-electron chi connectivity index (χ2n) is 7.96. The van der Waals surface area contributed by atoms with E-state index in [2.05, 4.69) is 15.9 Å². The Labute approximate surface area is 181 Å². The van der Waals surface area contributed by atoms with Crippen LogP contribution in [0.3, 0.4) is 0 Å². The van der Waals surface area contributed by atoms with Gasteiger partial charge in [-0.2, -0.15) is 5.26 Å². The number of ether oxygens (including phenoxy) is 1. The van der Waals surface area contributed by atoms with E-state index in [1.165, 1.54) is 0 Å². The van der Waals surface area contributed by atoms with Gasteiger partial charge in [-0.05, 0) is 43.0 Å². The highest BCUT2D eigenvalue weighted by Gasteiger charge is 2.32. The van der Waals surface area contributed by atoms with E-state index in [0.717, 1.165) is 51.3 Å². The van der Waals surface area contributed by atoms with Crippen LogP contribution in [0.15, 0.2) is 42.5 Å². The number of para-hydroxylation sites is 1. The Balaban J connectivity index is 1.22. The molecule has 4 rings (SSSR count). The minimum atomic E-state index is -0.872. The molecule has 2 aromatic carbocycles. The summed E-state index contributed by atoms with van der Waals surface area (Å²) in [6, 6.07) is 14.5. The van der Waals surface area contributed by atoms with Gasteiger partial charge in [0.15, 0.2) is 0 Å². The molecule has 1 N–H and O–H groups in total. The Kier molecular flexibility index (Phi) is 6.12. The van der Waals surface area contributed by atoms with Crippen molar-refractivity contribution in [1.29, 1.82) is 5.26 Å². The maximum absolute atomic E-state index is 11.5. The van der Waals surface area contributed by atoms with Gasteiger partial charge in [0.25, 0.3) is 0 Å². The number of rotatable bonds is 6. The molecule has 2 aromatic rings. The number of piperidine rings is 1. The standard InChI is InChI=1S/C23H24ClN3O3/c24-21-11-18(6-5-17(21)12-25)30-19-14-26(15-19)13-16-7-9-27(10-8-16)22-4-2-1-3-20(22)23(28)29/h1-6,11,16,19H,7-10,13-15H2,(H,28,29). The van der Waals surface area contributed by atoms with Crippen LogP contribution in [0.4, 0.5) is 5.69 Å². The quantitative estimate of drug-likeness (QED) is 0.756. The molecule has 2 aliphatic heterocycles. The lowest BCUT2D eigenvalue weighted by molar-refractivity contribution is 0.00796. The minimum absolute atomic E-state index is 0.150. The van der Waals surface area contributed by atoms with E-state index in [0.29, 0.717) is 27.8 Å². The summed E-state index contributed by atoms with van der Waals surface area (Å²) < 4.78 is 5.96. The summed E-state index contributed by atoms with van der Waals surface area (Å²) in [7, 11) is 0. The van der Waals surface area contributed by atoms with Crippen molar-refractivity contribution in [1.82, 2.24) is 4.90 Å². The Morgan fingerprint density at radius 1 is 1.20 bits per heavy atom. The van der Waals surface area contributed by atoms with E-state index in [4.69, 9.17) is 21.6 Å². The fourth-order valence-electron chi connectivity index (χ4n) is 4.25. The minimum Gasteiger partial charge on any atom is -0.488 e. The zero-order chi connectivity index (χ0) is 21.1. The van der Waals surface area contributed by atoms with Crippen LogP contribution in [0.25, 0.3) is 0 Å². The first-order valence-corrected chi connectivity index (χ1v) is 10.6. The Morgan fingerprint density at radius 3 is 2.60 bits per heavy atom. The number of carboxylic acid groups (broad SMARTS) is 1. The van der Waals surface area contributed by atoms with E-state index in [1.54, 1.807) is 30.3 Å². The summed E-state index contributed by atoms with van der Waals surface area (Å²) in [5, 5.41) is 18.8. The summed E-state index contributed by atoms with van der Waals surface area (Å²) in [6.07, 6.45) is 2.26. The molecule has 156 valence electrons. The highest BCUT2D eigenvalue weighted by atomic mass is 35.5. The lowest BCUT2D eigenvalue weighted by Crippen LogP contribution is -2.55. The molecule has 6 nitrogen and oxygen atoms in total. The van der Waals surface area contributed by atoms with Gasteiger partial charge in [-0.25, -0.2) is 4.79 Å². The molecule has 0 amide bonds. The van der Waals surface area contributed by atoms with Crippen LogP contribution in [0.5, 0.6) is 5.75 Å². The van der Waals surface area contributed by atoms with Gasteiger partial charge in [0.1, 0.15) is 17.9 Å². The highest BCUT2D eigenvalue weighted by Crippen LogP contribution is 2.29. The molecule has 0 bridgehead atoms. The molecule has 2 aliphatic rings. The zero-order valence-electron chi connectivity index (χ0n) is 16.6. The third-order valence-corrected chi connectivity index (χ3v) is 6.21. The van der Waals surface area contributed by atoms with Crippen LogP contribution >= 0.6 is 11.6 Å². The number of likely N-dealkylation sites (tertiary alicyclic amines) is 1. The fraction of sp³-hybridized carbons (Fsp3) is 0.391. The summed E-state index contributed by atoms with van der Waals surface area (Å²) in [5.41, 5.74) is 1.65. The molecule has 0 aromatic heterocycles. The number of nitrogens with zero attached hydrogens (tertiary/aromatic N) is 3. The Hall–Kier alpha value is -2.75. The van der Waals surface area contributed by atoms with Crippen molar-refractivity contribution in [2.24, 2.45) is 5.92 Å². The molecule has 0 unspecified atom stereocenters. The zero-order valence-corrected chi connectivity index (χ0v) is 17.4. The average Bonchev–Trinajstić information content (AvgIpc) is 2.73. The summed E-state index contributed by atoms with van der Waals surface area (Å²) in [5.74, 6) is 0.445. The largest absolute Gasteiger partial charge is 0.488 e. The monoisotopic (exact) mass is 425 g/mol. The molecular formula is C23H24ClN3O3. The number of hydrogen-bond donors (Lipinski definition) is 1. The lowest BCUT2D eigenvalue weighted by atomic mass is 9.94. The van der Waals surface area contributed by atoms with Gasteiger partial charge in [0, 0.05) is 38.8 Å². The smallest absolute Gasteiger partial charge is 0.337 e. The van der Waals surface area contributed by atoms with Crippen LogP contribution in [-0.4, -0.2) is 54.8 Å². The predicted octanol–water partition coefficient (Wildman–Crippen LogP) is 3.89. The van der Waals surface area contributed by atoms with Crippen LogP contribution in [0.2, 0.25) is 5.02 Å². The molecule has 0 saturated carbocycles. The molecule has 2 saturated heterocycles. The second-order valence-corrected chi connectivity index (χ2v) is 8.37. The summed E-state index contributed by atoms with van der Waals surface area (Å²) in [4.78, 5) is 16.1. The molecule has 0 spiro atoms. The van der Waals surface area contributed by atoms with E-state index in [-0.39, 0.29) is 6.10 Å². The van der Waals surface area contributed by atoms with E-state index >= 15 is 0 Å². The topological polar surface area (TPSA) is 76.8 Å². The van der Waals surface area contributed by atoms with Crippen molar-refractivity contribution < 1.29 is 14.6 Å². The highest BCUT2D eigenvalue weighted by molar-refractivity contribution is 6.31. The number of halogens is 1. The van der Waals surface area contributed by atoms with Crippen LogP contribution < -0.4 is 9.64 Å². The van der Waals surface area contributed by atoms with Crippen molar-refractivity contribution in [2.75, 3.05) is 37.6 Å². The number of carbonyl (C=O) groups is 1. The molecule has 0 aliphatic carbocycles. The average molecular weight is 426 g/mol. The second kappa shape index (κ2) is 8.95. The summed E-state index contributed by atoms with van der Waals surface area (Å²) >= 11 is 6.07. The molecule has 30 heavy (non-hydrogen) atoms. The first-order chi connectivity index (χ1) is 14.5.